The summed E-state index contributed by atoms with van der Waals surface area (Å²) in [7, 11) is 3.26. The standard InChI is InChI=1S/C14H19N3O2/c1-4-17-8-7-15-14(17)10-16-11-5-6-12(18-2)13(9-11)19-3/h5-9,16H,4,10H2,1-3H3. The van der Waals surface area contributed by atoms with Crippen molar-refractivity contribution in [2.24, 2.45) is 0 Å². The number of methoxy groups -OCH3 is 2. The van der Waals surface area contributed by atoms with Crippen LogP contribution in [0.4, 0.5) is 5.69 Å². The van der Waals surface area contributed by atoms with Crippen LogP contribution in [0.2, 0.25) is 0 Å². The molecule has 0 atom stereocenters. The molecule has 5 heteroatoms. The topological polar surface area (TPSA) is 48.3 Å². The smallest absolute Gasteiger partial charge is 0.162 e. The van der Waals surface area contributed by atoms with Gasteiger partial charge in [0.05, 0.1) is 20.8 Å². The minimum absolute atomic E-state index is 0.677. The van der Waals surface area contributed by atoms with Gasteiger partial charge >= 0.3 is 0 Å². The van der Waals surface area contributed by atoms with Crippen LogP contribution in [0.15, 0.2) is 30.6 Å². The van der Waals surface area contributed by atoms with E-state index in [-0.39, 0.29) is 0 Å². The molecule has 2 rings (SSSR count). The third-order valence-electron chi connectivity index (χ3n) is 2.98. The quantitative estimate of drug-likeness (QED) is 0.868. The molecule has 19 heavy (non-hydrogen) atoms. The monoisotopic (exact) mass is 261 g/mol. The molecule has 102 valence electrons. The highest BCUT2D eigenvalue weighted by atomic mass is 16.5. The number of nitrogens with one attached hydrogen (secondary N) is 1. The van der Waals surface area contributed by atoms with Crippen LogP contribution in [-0.2, 0) is 13.1 Å². The van der Waals surface area contributed by atoms with E-state index in [1.807, 2.05) is 30.6 Å². The zero-order valence-corrected chi connectivity index (χ0v) is 11.5. The fraction of sp³-hybridized carbons (Fsp3) is 0.357. The summed E-state index contributed by atoms with van der Waals surface area (Å²) < 4.78 is 12.6. The lowest BCUT2D eigenvalue weighted by atomic mass is 10.2. The summed E-state index contributed by atoms with van der Waals surface area (Å²) in [5.41, 5.74) is 0.975. The summed E-state index contributed by atoms with van der Waals surface area (Å²) in [6.07, 6.45) is 3.79. The molecule has 1 N–H and O–H groups in total. The maximum atomic E-state index is 5.27. The summed E-state index contributed by atoms with van der Waals surface area (Å²) in [6.45, 7) is 3.70. The number of hydrogen-bond donors (Lipinski definition) is 1. The van der Waals surface area contributed by atoms with Gasteiger partial charge in [0.2, 0.25) is 0 Å². The average Bonchev–Trinajstić information content (AvgIpc) is 2.92. The molecule has 0 saturated carbocycles. The van der Waals surface area contributed by atoms with E-state index in [0.717, 1.165) is 23.8 Å². The lowest BCUT2D eigenvalue weighted by Crippen LogP contribution is -2.07. The molecule has 0 bridgehead atoms. The number of anilines is 1. The van der Waals surface area contributed by atoms with Crippen molar-refractivity contribution in [2.75, 3.05) is 19.5 Å². The maximum Gasteiger partial charge on any atom is 0.162 e. The minimum atomic E-state index is 0.677. The van der Waals surface area contributed by atoms with E-state index in [4.69, 9.17) is 9.47 Å². The van der Waals surface area contributed by atoms with E-state index in [1.54, 1.807) is 14.2 Å². The SMILES string of the molecule is CCn1ccnc1CNc1ccc(OC)c(OC)c1. The Bertz CT molecular complexity index is 537. The second-order valence-electron chi connectivity index (χ2n) is 4.05. The van der Waals surface area contributed by atoms with Crippen LogP contribution in [0.3, 0.4) is 0 Å². The highest BCUT2D eigenvalue weighted by molar-refractivity contribution is 5.54. The molecule has 0 fully saturated rings. The molecule has 1 heterocycles. The van der Waals surface area contributed by atoms with Crippen molar-refractivity contribution >= 4 is 5.69 Å². The van der Waals surface area contributed by atoms with Crippen molar-refractivity contribution in [3.05, 3.63) is 36.4 Å². The fourth-order valence-electron chi connectivity index (χ4n) is 1.92. The Hall–Kier alpha value is -2.17. The number of rotatable bonds is 6. The van der Waals surface area contributed by atoms with Crippen molar-refractivity contribution in [3.8, 4) is 11.5 Å². The first kappa shape index (κ1) is 13.3. The average molecular weight is 261 g/mol. The van der Waals surface area contributed by atoms with Gasteiger partial charge in [-0.15, -0.1) is 0 Å². The lowest BCUT2D eigenvalue weighted by Gasteiger charge is -2.11. The predicted octanol–water partition coefficient (Wildman–Crippen LogP) is 2.53. The van der Waals surface area contributed by atoms with E-state index >= 15 is 0 Å². The third-order valence-corrected chi connectivity index (χ3v) is 2.98. The van der Waals surface area contributed by atoms with Crippen molar-refractivity contribution in [1.82, 2.24) is 9.55 Å². The molecule has 5 nitrogen and oxygen atoms in total. The summed E-state index contributed by atoms with van der Waals surface area (Å²) in [4.78, 5) is 4.32. The molecule has 2 aromatic rings. The van der Waals surface area contributed by atoms with E-state index < -0.39 is 0 Å². The van der Waals surface area contributed by atoms with Crippen LogP contribution in [-0.4, -0.2) is 23.8 Å². The number of nitrogens with zero attached hydrogens (tertiary/aromatic N) is 2. The Morgan fingerprint density at radius 3 is 2.68 bits per heavy atom. The fourth-order valence-corrected chi connectivity index (χ4v) is 1.92. The zero-order chi connectivity index (χ0) is 13.7. The number of aromatic nitrogens is 2. The molecule has 0 aliphatic carbocycles. The number of ether oxygens (including phenoxy) is 2. The molecular formula is C14H19N3O2. The van der Waals surface area contributed by atoms with Crippen LogP contribution >= 0.6 is 0 Å². The van der Waals surface area contributed by atoms with Gasteiger partial charge in [-0.1, -0.05) is 0 Å². The lowest BCUT2D eigenvalue weighted by molar-refractivity contribution is 0.355. The first-order valence-corrected chi connectivity index (χ1v) is 6.24. The molecule has 1 aromatic heterocycles. The number of imidazole rings is 1. The predicted molar refractivity (Wildman–Crippen MR) is 74.8 cm³/mol. The van der Waals surface area contributed by atoms with Crippen molar-refractivity contribution in [2.45, 2.75) is 20.0 Å². The second-order valence-corrected chi connectivity index (χ2v) is 4.05. The Kier molecular flexibility index (Phi) is 4.28. The third kappa shape index (κ3) is 2.99. The van der Waals surface area contributed by atoms with Gasteiger partial charge in [0.15, 0.2) is 11.5 Å². The molecule has 0 saturated heterocycles. The Morgan fingerprint density at radius 2 is 2.00 bits per heavy atom. The summed E-state index contributed by atoms with van der Waals surface area (Å²) in [5.74, 6) is 2.45. The zero-order valence-electron chi connectivity index (χ0n) is 11.5. The number of hydrogen-bond acceptors (Lipinski definition) is 4. The van der Waals surface area contributed by atoms with Gasteiger partial charge in [-0.3, -0.25) is 0 Å². The van der Waals surface area contributed by atoms with Gasteiger partial charge in [0.25, 0.3) is 0 Å². The van der Waals surface area contributed by atoms with E-state index in [9.17, 15) is 0 Å². The van der Waals surface area contributed by atoms with E-state index in [2.05, 4.69) is 21.8 Å². The van der Waals surface area contributed by atoms with E-state index in [1.165, 1.54) is 0 Å². The largest absolute Gasteiger partial charge is 0.493 e. The Labute approximate surface area is 113 Å². The Morgan fingerprint density at radius 1 is 1.21 bits per heavy atom. The van der Waals surface area contributed by atoms with Crippen molar-refractivity contribution in [1.29, 1.82) is 0 Å². The number of benzene rings is 1. The van der Waals surface area contributed by atoms with Crippen LogP contribution in [0.25, 0.3) is 0 Å². The molecule has 0 radical (unpaired) electrons. The maximum absolute atomic E-state index is 5.27. The normalized spacial score (nSPS) is 10.3. The minimum Gasteiger partial charge on any atom is -0.493 e. The molecule has 0 aliphatic rings. The second kappa shape index (κ2) is 6.13. The van der Waals surface area contributed by atoms with Crippen molar-refractivity contribution in [3.63, 3.8) is 0 Å². The van der Waals surface area contributed by atoms with Gasteiger partial charge in [-0.05, 0) is 19.1 Å². The van der Waals surface area contributed by atoms with Crippen molar-refractivity contribution < 1.29 is 9.47 Å². The van der Waals surface area contributed by atoms with Crippen LogP contribution in [0, 0.1) is 0 Å². The van der Waals surface area contributed by atoms with Gasteiger partial charge in [-0.2, -0.15) is 0 Å². The van der Waals surface area contributed by atoms with Crippen LogP contribution in [0.1, 0.15) is 12.7 Å². The summed E-state index contributed by atoms with van der Waals surface area (Å²) >= 11 is 0. The highest BCUT2D eigenvalue weighted by Crippen LogP contribution is 2.29. The molecule has 0 amide bonds. The molecule has 0 unspecified atom stereocenters. The van der Waals surface area contributed by atoms with Gasteiger partial charge in [0, 0.05) is 30.7 Å². The first-order valence-electron chi connectivity index (χ1n) is 6.24. The van der Waals surface area contributed by atoms with Crippen LogP contribution in [0.5, 0.6) is 11.5 Å². The molecule has 1 aromatic carbocycles. The molecular weight excluding hydrogens is 242 g/mol. The Balaban J connectivity index is 2.07. The molecule has 0 aliphatic heterocycles. The molecule has 0 spiro atoms. The van der Waals surface area contributed by atoms with E-state index in [0.29, 0.717) is 12.3 Å². The van der Waals surface area contributed by atoms with Crippen LogP contribution < -0.4 is 14.8 Å². The summed E-state index contributed by atoms with van der Waals surface area (Å²) in [5, 5.41) is 3.33. The van der Waals surface area contributed by atoms with Gasteiger partial charge < -0.3 is 19.4 Å². The number of aryl methyl sites for hydroxylation is 1. The highest BCUT2D eigenvalue weighted by Gasteiger charge is 2.05. The van der Waals surface area contributed by atoms with Gasteiger partial charge in [-0.25, -0.2) is 4.98 Å². The van der Waals surface area contributed by atoms with Gasteiger partial charge in [0.1, 0.15) is 5.82 Å². The first-order chi connectivity index (χ1) is 9.28. The summed E-state index contributed by atoms with van der Waals surface area (Å²) in [6, 6.07) is 5.76.